The van der Waals surface area contributed by atoms with E-state index in [0.717, 1.165) is 4.47 Å². The van der Waals surface area contributed by atoms with Crippen LogP contribution < -0.4 is 11.1 Å². The molecule has 1 aromatic carbocycles. The van der Waals surface area contributed by atoms with Gasteiger partial charge in [0.15, 0.2) is 0 Å². The van der Waals surface area contributed by atoms with E-state index in [1.807, 2.05) is 47.6 Å². The number of aromatic nitrogens is 1. The van der Waals surface area contributed by atoms with Crippen molar-refractivity contribution in [2.45, 2.75) is 53.4 Å². The molecule has 3 N–H and O–H groups in total. The number of fused-ring (bicyclic) bond motifs is 1. The molecular formula is C25H35BrN4O3. The molecule has 2 heterocycles. The van der Waals surface area contributed by atoms with Gasteiger partial charge >= 0.3 is 0 Å². The zero-order valence-corrected chi connectivity index (χ0v) is 22.3. The molecule has 8 heteroatoms. The molecule has 180 valence electrons. The number of benzene rings is 1. The zero-order valence-electron chi connectivity index (χ0n) is 20.7. The van der Waals surface area contributed by atoms with Crippen molar-refractivity contribution >= 4 is 50.1 Å². The van der Waals surface area contributed by atoms with Gasteiger partial charge in [0.25, 0.3) is 5.91 Å². The Kier molecular flexibility index (Phi) is 10.6. The van der Waals surface area contributed by atoms with Gasteiger partial charge in [-0.05, 0) is 30.3 Å². The standard InChI is InChI=1S/C21H23BrN4O3.2C2H6/c1-21(2,11-17(27)26(3)4)16-10-13(7-8-24-16)25-20(28)19-18(23)14-9-12(22)5-6-15(14)29-19;2*1-2/h5-10H,11,23H2,1-4H3,(H,24,25,28);2*1-2H3. The first-order valence-electron chi connectivity index (χ1n) is 11.0. The van der Waals surface area contributed by atoms with Crippen molar-refractivity contribution in [2.75, 3.05) is 25.1 Å². The molecule has 33 heavy (non-hydrogen) atoms. The summed E-state index contributed by atoms with van der Waals surface area (Å²) in [7, 11) is 3.44. The monoisotopic (exact) mass is 518 g/mol. The van der Waals surface area contributed by atoms with E-state index in [-0.39, 0.29) is 17.4 Å². The number of nitrogens with one attached hydrogen (secondary N) is 1. The van der Waals surface area contributed by atoms with E-state index in [1.54, 1.807) is 49.5 Å². The number of rotatable bonds is 5. The number of carbonyl (C=O) groups is 2. The smallest absolute Gasteiger partial charge is 0.293 e. The van der Waals surface area contributed by atoms with Gasteiger partial charge in [-0.3, -0.25) is 14.6 Å². The Morgan fingerprint density at radius 2 is 1.76 bits per heavy atom. The van der Waals surface area contributed by atoms with Crippen molar-refractivity contribution in [2.24, 2.45) is 0 Å². The van der Waals surface area contributed by atoms with Crippen molar-refractivity contribution in [1.29, 1.82) is 0 Å². The third-order valence-electron chi connectivity index (χ3n) is 4.70. The van der Waals surface area contributed by atoms with Gasteiger partial charge in [0, 0.05) is 53.4 Å². The summed E-state index contributed by atoms with van der Waals surface area (Å²) in [6.45, 7) is 11.9. The van der Waals surface area contributed by atoms with Gasteiger partial charge in [0.05, 0.1) is 5.69 Å². The maximum absolute atomic E-state index is 12.7. The summed E-state index contributed by atoms with van der Waals surface area (Å²) in [4.78, 5) is 30.8. The van der Waals surface area contributed by atoms with E-state index >= 15 is 0 Å². The van der Waals surface area contributed by atoms with Crippen molar-refractivity contribution in [3.05, 3.63) is 52.5 Å². The van der Waals surface area contributed by atoms with Crippen LogP contribution in [0.3, 0.4) is 0 Å². The van der Waals surface area contributed by atoms with E-state index in [4.69, 9.17) is 10.2 Å². The Balaban J connectivity index is 0.00000129. The predicted molar refractivity (Wildman–Crippen MR) is 140 cm³/mol. The first kappa shape index (κ1) is 28.2. The van der Waals surface area contributed by atoms with Crippen molar-refractivity contribution in [1.82, 2.24) is 9.88 Å². The van der Waals surface area contributed by atoms with Crippen LogP contribution in [0.15, 0.2) is 45.4 Å². The summed E-state index contributed by atoms with van der Waals surface area (Å²) in [5.74, 6) is -0.389. The van der Waals surface area contributed by atoms with Gasteiger partial charge < -0.3 is 20.4 Å². The number of hydrogen-bond donors (Lipinski definition) is 2. The number of nitrogens with two attached hydrogens (primary N) is 1. The average molecular weight is 519 g/mol. The number of pyridine rings is 1. The third kappa shape index (κ3) is 7.05. The second-order valence-corrected chi connectivity index (χ2v) is 8.63. The number of carbonyl (C=O) groups excluding carboxylic acids is 2. The fraction of sp³-hybridized carbons (Fsp3) is 0.400. The van der Waals surface area contributed by atoms with E-state index in [2.05, 4.69) is 26.2 Å². The first-order chi connectivity index (χ1) is 15.6. The van der Waals surface area contributed by atoms with Crippen LogP contribution >= 0.6 is 15.9 Å². The molecule has 0 saturated carbocycles. The molecule has 0 aliphatic carbocycles. The second kappa shape index (κ2) is 12.4. The van der Waals surface area contributed by atoms with Gasteiger partial charge in [-0.2, -0.15) is 0 Å². The number of hydrogen-bond acceptors (Lipinski definition) is 5. The van der Waals surface area contributed by atoms with Crippen LogP contribution in [0.25, 0.3) is 11.0 Å². The summed E-state index contributed by atoms with van der Waals surface area (Å²) in [6, 6.07) is 8.82. The molecular weight excluding hydrogens is 484 g/mol. The number of anilines is 2. The zero-order chi connectivity index (χ0) is 25.3. The number of nitrogen functional groups attached to an aromatic ring is 1. The van der Waals surface area contributed by atoms with Crippen molar-refractivity contribution in [3.63, 3.8) is 0 Å². The van der Waals surface area contributed by atoms with Crippen LogP contribution in [0.1, 0.15) is 64.2 Å². The summed E-state index contributed by atoms with van der Waals surface area (Å²) < 4.78 is 6.49. The molecule has 0 radical (unpaired) electrons. The topological polar surface area (TPSA) is 101 Å². The van der Waals surface area contributed by atoms with E-state index in [1.165, 1.54) is 0 Å². The van der Waals surface area contributed by atoms with Crippen LogP contribution in [0, 0.1) is 0 Å². The Morgan fingerprint density at radius 3 is 2.36 bits per heavy atom. The largest absolute Gasteiger partial charge is 0.449 e. The Bertz CT molecular complexity index is 1090. The third-order valence-corrected chi connectivity index (χ3v) is 5.19. The lowest BCUT2D eigenvalue weighted by Gasteiger charge is -2.25. The maximum Gasteiger partial charge on any atom is 0.293 e. The SMILES string of the molecule is CC.CC.CN(C)C(=O)CC(C)(C)c1cc(NC(=O)c2oc3ccc(Br)cc3c2N)ccn1. The highest BCUT2D eigenvalue weighted by atomic mass is 79.9. The first-order valence-corrected chi connectivity index (χ1v) is 11.8. The second-order valence-electron chi connectivity index (χ2n) is 7.72. The molecule has 2 aromatic heterocycles. The highest BCUT2D eigenvalue weighted by Gasteiger charge is 2.27. The number of halogens is 1. The lowest BCUT2D eigenvalue weighted by atomic mass is 9.84. The molecule has 3 rings (SSSR count). The van der Waals surface area contributed by atoms with E-state index in [0.29, 0.717) is 28.8 Å². The van der Waals surface area contributed by atoms with Crippen LogP contribution in [0.5, 0.6) is 0 Å². The van der Waals surface area contributed by atoms with Crippen LogP contribution in [-0.2, 0) is 10.2 Å². The van der Waals surface area contributed by atoms with Gasteiger partial charge in [0.1, 0.15) is 5.58 Å². The van der Waals surface area contributed by atoms with E-state index in [9.17, 15) is 9.59 Å². The Labute approximate surface area is 204 Å². The lowest BCUT2D eigenvalue weighted by Crippen LogP contribution is -2.31. The fourth-order valence-corrected chi connectivity index (χ4v) is 3.31. The highest BCUT2D eigenvalue weighted by molar-refractivity contribution is 9.10. The molecule has 0 aliphatic heterocycles. The molecule has 0 fully saturated rings. The predicted octanol–water partition coefficient (Wildman–Crippen LogP) is 6.23. The summed E-state index contributed by atoms with van der Waals surface area (Å²) in [5, 5.41) is 3.47. The number of amides is 2. The van der Waals surface area contributed by atoms with Crippen molar-refractivity contribution in [3.8, 4) is 0 Å². The summed E-state index contributed by atoms with van der Waals surface area (Å²) in [6.07, 6.45) is 1.90. The summed E-state index contributed by atoms with van der Waals surface area (Å²) >= 11 is 3.39. The molecule has 0 bridgehead atoms. The Morgan fingerprint density at radius 1 is 1.12 bits per heavy atom. The minimum atomic E-state index is -0.493. The van der Waals surface area contributed by atoms with Gasteiger partial charge in [0.2, 0.25) is 11.7 Å². The lowest BCUT2D eigenvalue weighted by molar-refractivity contribution is -0.129. The van der Waals surface area contributed by atoms with Crippen LogP contribution in [-0.4, -0.2) is 35.8 Å². The molecule has 7 nitrogen and oxygen atoms in total. The van der Waals surface area contributed by atoms with Crippen molar-refractivity contribution < 1.29 is 14.0 Å². The number of nitrogens with zero attached hydrogens (tertiary/aromatic N) is 2. The molecule has 3 aromatic rings. The minimum Gasteiger partial charge on any atom is -0.449 e. The average Bonchev–Trinajstić information content (AvgIpc) is 3.12. The van der Waals surface area contributed by atoms with Crippen LogP contribution in [0.2, 0.25) is 0 Å². The fourth-order valence-electron chi connectivity index (χ4n) is 2.95. The van der Waals surface area contributed by atoms with Crippen LogP contribution in [0.4, 0.5) is 11.4 Å². The molecule has 0 spiro atoms. The minimum absolute atomic E-state index is 0.00690. The van der Waals surface area contributed by atoms with Gasteiger partial charge in [-0.15, -0.1) is 0 Å². The molecule has 0 unspecified atom stereocenters. The normalized spacial score (nSPS) is 10.5. The van der Waals surface area contributed by atoms with E-state index < -0.39 is 11.3 Å². The molecule has 2 amide bonds. The highest BCUT2D eigenvalue weighted by Crippen LogP contribution is 2.32. The molecule has 0 saturated heterocycles. The maximum atomic E-state index is 12.7. The molecule has 0 atom stereocenters. The Hall–Kier alpha value is -2.87. The van der Waals surface area contributed by atoms with Gasteiger partial charge in [-0.1, -0.05) is 57.5 Å². The quantitative estimate of drug-likeness (QED) is 0.416. The van der Waals surface area contributed by atoms with Gasteiger partial charge in [-0.25, -0.2) is 0 Å². The molecule has 0 aliphatic rings. The summed E-state index contributed by atoms with van der Waals surface area (Å²) in [5.41, 5.74) is 7.69. The number of furan rings is 1.